The SMILES string of the molecule is CC(C)c1nc(N2CCOCC2)sc1CC(=O)O. The number of aliphatic carboxylic acids is 1. The molecule has 1 aliphatic rings. The highest BCUT2D eigenvalue weighted by molar-refractivity contribution is 7.15. The third-order valence-electron chi connectivity index (χ3n) is 2.86. The van der Waals surface area contributed by atoms with E-state index in [0.717, 1.165) is 28.8 Å². The van der Waals surface area contributed by atoms with Crippen molar-refractivity contribution in [2.24, 2.45) is 0 Å². The normalized spacial score (nSPS) is 16.3. The summed E-state index contributed by atoms with van der Waals surface area (Å²) < 4.78 is 5.31. The van der Waals surface area contributed by atoms with E-state index in [2.05, 4.69) is 9.88 Å². The van der Waals surface area contributed by atoms with Crippen molar-refractivity contribution in [1.82, 2.24) is 4.98 Å². The molecule has 0 aromatic carbocycles. The number of hydrogen-bond donors (Lipinski definition) is 1. The lowest BCUT2D eigenvalue weighted by atomic mass is 10.1. The maximum absolute atomic E-state index is 10.9. The lowest BCUT2D eigenvalue weighted by molar-refractivity contribution is -0.136. The summed E-state index contributed by atoms with van der Waals surface area (Å²) in [6.45, 7) is 7.18. The first-order valence-corrected chi connectivity index (χ1v) is 6.93. The molecule has 0 bridgehead atoms. The number of carboxylic acids is 1. The largest absolute Gasteiger partial charge is 0.481 e. The summed E-state index contributed by atoms with van der Waals surface area (Å²) in [5.74, 6) is -0.542. The summed E-state index contributed by atoms with van der Waals surface area (Å²) in [6.07, 6.45) is 0.0650. The van der Waals surface area contributed by atoms with Crippen LogP contribution in [0.1, 0.15) is 30.3 Å². The Balaban J connectivity index is 2.23. The predicted molar refractivity (Wildman–Crippen MR) is 70.6 cm³/mol. The van der Waals surface area contributed by atoms with Crippen molar-refractivity contribution < 1.29 is 14.6 Å². The fourth-order valence-corrected chi connectivity index (χ4v) is 3.21. The van der Waals surface area contributed by atoms with Crippen LogP contribution in [0.5, 0.6) is 0 Å². The molecule has 0 spiro atoms. The molecule has 0 radical (unpaired) electrons. The summed E-state index contributed by atoms with van der Waals surface area (Å²) in [4.78, 5) is 18.5. The first-order chi connectivity index (χ1) is 8.58. The molecule has 100 valence electrons. The quantitative estimate of drug-likeness (QED) is 0.902. The number of carboxylic acid groups (broad SMARTS) is 1. The molecule has 6 heteroatoms. The summed E-state index contributed by atoms with van der Waals surface area (Å²) in [7, 11) is 0. The monoisotopic (exact) mass is 270 g/mol. The van der Waals surface area contributed by atoms with Crippen molar-refractivity contribution in [3.8, 4) is 0 Å². The molecule has 1 fully saturated rings. The number of aromatic nitrogens is 1. The minimum absolute atomic E-state index is 0.0650. The summed E-state index contributed by atoms with van der Waals surface area (Å²) in [6, 6.07) is 0. The van der Waals surface area contributed by atoms with Gasteiger partial charge in [0, 0.05) is 18.0 Å². The van der Waals surface area contributed by atoms with Crippen LogP contribution >= 0.6 is 11.3 Å². The summed E-state index contributed by atoms with van der Waals surface area (Å²) in [5, 5.41) is 9.87. The van der Waals surface area contributed by atoms with Gasteiger partial charge in [0.05, 0.1) is 25.3 Å². The zero-order chi connectivity index (χ0) is 13.1. The third kappa shape index (κ3) is 3.00. The number of anilines is 1. The van der Waals surface area contributed by atoms with Gasteiger partial charge in [-0.1, -0.05) is 13.8 Å². The van der Waals surface area contributed by atoms with Crippen LogP contribution < -0.4 is 4.90 Å². The Bertz CT molecular complexity index is 425. The zero-order valence-electron chi connectivity index (χ0n) is 10.7. The Morgan fingerprint density at radius 1 is 1.50 bits per heavy atom. The van der Waals surface area contributed by atoms with E-state index < -0.39 is 5.97 Å². The average Bonchev–Trinajstić information content (AvgIpc) is 2.73. The Morgan fingerprint density at radius 2 is 2.17 bits per heavy atom. The minimum atomic E-state index is -0.797. The topological polar surface area (TPSA) is 62.7 Å². The van der Waals surface area contributed by atoms with E-state index in [4.69, 9.17) is 9.84 Å². The highest BCUT2D eigenvalue weighted by Crippen LogP contribution is 2.31. The van der Waals surface area contributed by atoms with Gasteiger partial charge in [0.2, 0.25) is 0 Å². The van der Waals surface area contributed by atoms with E-state index in [9.17, 15) is 4.79 Å². The third-order valence-corrected chi connectivity index (χ3v) is 3.99. The smallest absolute Gasteiger partial charge is 0.308 e. The molecule has 0 amide bonds. The molecule has 1 saturated heterocycles. The van der Waals surface area contributed by atoms with Crippen molar-refractivity contribution in [1.29, 1.82) is 0 Å². The fraction of sp³-hybridized carbons (Fsp3) is 0.667. The van der Waals surface area contributed by atoms with Crippen molar-refractivity contribution in [3.63, 3.8) is 0 Å². The number of carbonyl (C=O) groups is 1. The molecule has 1 aromatic rings. The summed E-state index contributed by atoms with van der Waals surface area (Å²) in [5.41, 5.74) is 0.920. The molecule has 18 heavy (non-hydrogen) atoms. The zero-order valence-corrected chi connectivity index (χ0v) is 11.5. The number of ether oxygens (including phenoxy) is 1. The predicted octanol–water partition coefficient (Wildman–Crippen LogP) is 1.73. The number of morpholine rings is 1. The van der Waals surface area contributed by atoms with E-state index in [1.165, 1.54) is 11.3 Å². The van der Waals surface area contributed by atoms with Crippen LogP contribution in [0.2, 0.25) is 0 Å². The van der Waals surface area contributed by atoms with Crippen molar-refractivity contribution in [2.45, 2.75) is 26.2 Å². The molecule has 2 rings (SSSR count). The number of hydrogen-bond acceptors (Lipinski definition) is 5. The van der Waals surface area contributed by atoms with Gasteiger partial charge in [-0.2, -0.15) is 0 Å². The molecule has 0 saturated carbocycles. The minimum Gasteiger partial charge on any atom is -0.481 e. The van der Waals surface area contributed by atoms with E-state index in [1.54, 1.807) is 0 Å². The molecular weight excluding hydrogens is 252 g/mol. The van der Waals surface area contributed by atoms with Gasteiger partial charge in [0.1, 0.15) is 0 Å². The maximum atomic E-state index is 10.9. The Hall–Kier alpha value is -1.14. The van der Waals surface area contributed by atoms with E-state index in [0.29, 0.717) is 13.2 Å². The van der Waals surface area contributed by atoms with Crippen LogP contribution in [-0.4, -0.2) is 42.4 Å². The fourth-order valence-electron chi connectivity index (χ4n) is 1.96. The molecule has 1 aliphatic heterocycles. The summed E-state index contributed by atoms with van der Waals surface area (Å²) >= 11 is 1.50. The standard InChI is InChI=1S/C12H18N2O3S/c1-8(2)11-9(7-10(15)16)18-12(13-11)14-3-5-17-6-4-14/h8H,3-7H2,1-2H3,(H,15,16). The van der Waals surface area contributed by atoms with Gasteiger partial charge >= 0.3 is 5.97 Å². The van der Waals surface area contributed by atoms with Crippen LogP contribution in [0.25, 0.3) is 0 Å². The van der Waals surface area contributed by atoms with Crippen LogP contribution in [0, 0.1) is 0 Å². The van der Waals surface area contributed by atoms with Gasteiger partial charge < -0.3 is 14.7 Å². The van der Waals surface area contributed by atoms with Crippen molar-refractivity contribution in [2.75, 3.05) is 31.2 Å². The van der Waals surface area contributed by atoms with Crippen LogP contribution in [-0.2, 0) is 16.0 Å². The molecular formula is C12H18N2O3S. The average molecular weight is 270 g/mol. The van der Waals surface area contributed by atoms with Gasteiger partial charge in [-0.25, -0.2) is 4.98 Å². The lowest BCUT2D eigenvalue weighted by Gasteiger charge is -2.26. The van der Waals surface area contributed by atoms with E-state index in [-0.39, 0.29) is 12.3 Å². The molecule has 0 atom stereocenters. The van der Waals surface area contributed by atoms with Crippen LogP contribution in [0.3, 0.4) is 0 Å². The maximum Gasteiger partial charge on any atom is 0.308 e. The Labute approximate surface area is 110 Å². The van der Waals surface area contributed by atoms with Gasteiger partial charge in [0.25, 0.3) is 0 Å². The molecule has 1 N–H and O–H groups in total. The second-order valence-corrected chi connectivity index (χ2v) is 5.69. The van der Waals surface area contributed by atoms with Crippen molar-refractivity contribution >= 4 is 22.4 Å². The number of rotatable bonds is 4. The number of nitrogens with zero attached hydrogens (tertiary/aromatic N) is 2. The van der Waals surface area contributed by atoms with Crippen LogP contribution in [0.15, 0.2) is 0 Å². The highest BCUT2D eigenvalue weighted by Gasteiger charge is 2.21. The molecule has 0 unspecified atom stereocenters. The highest BCUT2D eigenvalue weighted by atomic mass is 32.1. The van der Waals surface area contributed by atoms with Gasteiger partial charge in [-0.3, -0.25) is 4.79 Å². The number of thiazole rings is 1. The first-order valence-electron chi connectivity index (χ1n) is 6.12. The second-order valence-electron chi connectivity index (χ2n) is 4.63. The molecule has 1 aromatic heterocycles. The Morgan fingerprint density at radius 3 is 2.72 bits per heavy atom. The van der Waals surface area contributed by atoms with E-state index in [1.807, 2.05) is 13.8 Å². The molecule has 5 nitrogen and oxygen atoms in total. The van der Waals surface area contributed by atoms with Crippen molar-refractivity contribution in [3.05, 3.63) is 10.6 Å². The first kappa shape index (κ1) is 13.3. The van der Waals surface area contributed by atoms with E-state index >= 15 is 0 Å². The van der Waals surface area contributed by atoms with Crippen LogP contribution in [0.4, 0.5) is 5.13 Å². The van der Waals surface area contributed by atoms with Gasteiger partial charge in [-0.05, 0) is 5.92 Å². The van der Waals surface area contributed by atoms with Gasteiger partial charge in [0.15, 0.2) is 5.13 Å². The second kappa shape index (κ2) is 5.67. The Kier molecular flexibility index (Phi) is 4.19. The molecule has 2 heterocycles. The molecule has 0 aliphatic carbocycles. The van der Waals surface area contributed by atoms with Gasteiger partial charge in [-0.15, -0.1) is 11.3 Å². The lowest BCUT2D eigenvalue weighted by Crippen LogP contribution is -2.36.